The van der Waals surface area contributed by atoms with Gasteiger partial charge in [0.25, 0.3) is 5.91 Å². The molecular formula is C22H21N5O2. The van der Waals surface area contributed by atoms with Gasteiger partial charge in [0.05, 0.1) is 0 Å². The number of benzene rings is 1. The zero-order valence-corrected chi connectivity index (χ0v) is 16.3. The van der Waals surface area contributed by atoms with Crippen molar-refractivity contribution in [3.8, 4) is 23.2 Å². The zero-order chi connectivity index (χ0) is 20.6. The van der Waals surface area contributed by atoms with Crippen LogP contribution in [0.5, 0.6) is 0 Å². The van der Waals surface area contributed by atoms with Crippen molar-refractivity contribution in [2.75, 3.05) is 19.3 Å². The van der Waals surface area contributed by atoms with Gasteiger partial charge in [0, 0.05) is 48.9 Å². The van der Waals surface area contributed by atoms with Gasteiger partial charge in [-0.25, -0.2) is 15.0 Å². The highest BCUT2D eigenvalue weighted by Crippen LogP contribution is 2.25. The molecule has 0 spiro atoms. The molecule has 146 valence electrons. The minimum Gasteiger partial charge on any atom is -0.382 e. The fourth-order valence-corrected chi connectivity index (χ4v) is 3.39. The molecule has 1 aromatic carbocycles. The second-order valence-corrected chi connectivity index (χ2v) is 7.15. The average molecular weight is 387 g/mol. The maximum absolute atomic E-state index is 12.1. The molecule has 2 aromatic heterocycles. The number of pyridine rings is 1. The van der Waals surface area contributed by atoms with E-state index in [0.717, 1.165) is 22.9 Å². The highest BCUT2D eigenvalue weighted by atomic mass is 16.3. The SMILES string of the molecule is CCc1cnc(N)c2nc(-c3cccc(C#C[C@]4(O)CCN(C)C4=O)c3)ncc12. The Morgan fingerprint density at radius 3 is 2.86 bits per heavy atom. The third-order valence-electron chi connectivity index (χ3n) is 5.16. The number of nitrogens with zero attached hydrogens (tertiary/aromatic N) is 4. The quantitative estimate of drug-likeness (QED) is 0.650. The van der Waals surface area contributed by atoms with Gasteiger partial charge in [0.2, 0.25) is 5.60 Å². The number of rotatable bonds is 2. The molecule has 29 heavy (non-hydrogen) atoms. The molecule has 0 saturated carbocycles. The predicted octanol–water partition coefficient (Wildman–Crippen LogP) is 1.78. The van der Waals surface area contributed by atoms with Crippen LogP contribution in [0.15, 0.2) is 36.7 Å². The van der Waals surface area contributed by atoms with E-state index in [9.17, 15) is 9.90 Å². The van der Waals surface area contributed by atoms with E-state index in [-0.39, 0.29) is 5.91 Å². The minimum atomic E-state index is -1.62. The van der Waals surface area contributed by atoms with Crippen molar-refractivity contribution >= 4 is 22.6 Å². The molecule has 7 heteroatoms. The van der Waals surface area contributed by atoms with E-state index in [1.807, 2.05) is 31.2 Å². The van der Waals surface area contributed by atoms with Crippen molar-refractivity contribution in [2.24, 2.45) is 0 Å². The molecule has 1 saturated heterocycles. The summed E-state index contributed by atoms with van der Waals surface area (Å²) in [5.74, 6) is 6.15. The number of aryl methyl sites for hydroxylation is 1. The number of fused-ring (bicyclic) bond motifs is 1. The molecule has 3 aromatic rings. The van der Waals surface area contributed by atoms with Gasteiger partial charge in [-0.2, -0.15) is 0 Å². The Labute approximate surface area is 168 Å². The van der Waals surface area contributed by atoms with Gasteiger partial charge in [0.15, 0.2) is 5.82 Å². The van der Waals surface area contributed by atoms with Crippen LogP contribution >= 0.6 is 0 Å². The van der Waals surface area contributed by atoms with Crippen molar-refractivity contribution < 1.29 is 9.90 Å². The Morgan fingerprint density at radius 2 is 2.14 bits per heavy atom. The average Bonchev–Trinajstić information content (AvgIpc) is 3.00. The van der Waals surface area contributed by atoms with Crippen molar-refractivity contribution in [3.63, 3.8) is 0 Å². The third kappa shape index (κ3) is 3.39. The summed E-state index contributed by atoms with van der Waals surface area (Å²) in [6.07, 6.45) is 4.63. The van der Waals surface area contributed by atoms with Crippen LogP contribution in [0, 0.1) is 11.8 Å². The van der Waals surface area contributed by atoms with Gasteiger partial charge >= 0.3 is 0 Å². The second kappa shape index (κ2) is 7.15. The Bertz CT molecular complexity index is 1180. The molecule has 1 atom stereocenters. The van der Waals surface area contributed by atoms with E-state index in [4.69, 9.17) is 5.73 Å². The van der Waals surface area contributed by atoms with Gasteiger partial charge < -0.3 is 15.7 Å². The van der Waals surface area contributed by atoms with Crippen LogP contribution in [-0.2, 0) is 11.2 Å². The normalized spacial score (nSPS) is 18.7. The number of likely N-dealkylation sites (tertiary alicyclic amines) is 1. The molecule has 4 rings (SSSR count). The monoisotopic (exact) mass is 387 g/mol. The number of anilines is 1. The molecule has 0 aliphatic carbocycles. The van der Waals surface area contributed by atoms with Gasteiger partial charge in [0.1, 0.15) is 11.3 Å². The van der Waals surface area contributed by atoms with Gasteiger partial charge in [-0.3, -0.25) is 4.79 Å². The maximum Gasteiger partial charge on any atom is 0.267 e. The standard InChI is InChI=1S/C22H21N5O2/c1-3-15-12-24-19(23)18-17(15)13-25-20(26-18)16-6-4-5-14(11-16)7-8-22(29)9-10-27(2)21(22)28/h4-6,11-13,29H,3,9-10H2,1-2H3,(H2,23,24)/t22-/m0/s1. The summed E-state index contributed by atoms with van der Waals surface area (Å²) in [5, 5.41) is 11.4. The Morgan fingerprint density at radius 1 is 1.31 bits per heavy atom. The van der Waals surface area contributed by atoms with Crippen molar-refractivity contribution in [3.05, 3.63) is 47.8 Å². The summed E-state index contributed by atoms with van der Waals surface area (Å²) in [5.41, 5.74) is 7.50. The molecule has 0 unspecified atom stereocenters. The summed E-state index contributed by atoms with van der Waals surface area (Å²) >= 11 is 0. The van der Waals surface area contributed by atoms with Crippen LogP contribution in [0.4, 0.5) is 5.82 Å². The summed E-state index contributed by atoms with van der Waals surface area (Å²) in [6, 6.07) is 7.36. The first kappa shape index (κ1) is 18.8. The molecule has 0 bridgehead atoms. The highest BCUT2D eigenvalue weighted by molar-refractivity contribution is 5.91. The number of carbonyl (C=O) groups excluding carboxylic acids is 1. The van der Waals surface area contributed by atoms with E-state index in [1.165, 1.54) is 4.90 Å². The molecule has 0 radical (unpaired) electrons. The van der Waals surface area contributed by atoms with Crippen molar-refractivity contribution in [1.29, 1.82) is 0 Å². The molecule has 3 heterocycles. The van der Waals surface area contributed by atoms with Crippen LogP contribution in [0.3, 0.4) is 0 Å². The number of aromatic nitrogens is 3. The number of amides is 1. The lowest BCUT2D eigenvalue weighted by atomic mass is 10.0. The predicted molar refractivity (Wildman–Crippen MR) is 111 cm³/mol. The van der Waals surface area contributed by atoms with E-state index in [2.05, 4.69) is 26.8 Å². The smallest absolute Gasteiger partial charge is 0.267 e. The zero-order valence-electron chi connectivity index (χ0n) is 16.3. The molecule has 1 aliphatic rings. The van der Waals surface area contributed by atoms with Gasteiger partial charge in [-0.1, -0.05) is 30.9 Å². The van der Waals surface area contributed by atoms with Crippen LogP contribution in [0.25, 0.3) is 22.3 Å². The maximum atomic E-state index is 12.1. The number of hydrogen-bond donors (Lipinski definition) is 2. The van der Waals surface area contributed by atoms with E-state index < -0.39 is 5.60 Å². The number of carbonyl (C=O) groups is 1. The van der Waals surface area contributed by atoms with Crippen LogP contribution < -0.4 is 5.73 Å². The highest BCUT2D eigenvalue weighted by Gasteiger charge is 2.42. The first-order valence-corrected chi connectivity index (χ1v) is 9.43. The first-order valence-electron chi connectivity index (χ1n) is 9.43. The number of likely N-dealkylation sites (N-methyl/N-ethyl adjacent to an activating group) is 1. The summed E-state index contributed by atoms with van der Waals surface area (Å²) in [7, 11) is 1.66. The largest absolute Gasteiger partial charge is 0.382 e. The summed E-state index contributed by atoms with van der Waals surface area (Å²) < 4.78 is 0. The Hall–Kier alpha value is -3.50. The molecule has 7 nitrogen and oxygen atoms in total. The van der Waals surface area contributed by atoms with Crippen molar-refractivity contribution in [1.82, 2.24) is 19.9 Å². The summed E-state index contributed by atoms with van der Waals surface area (Å²) in [4.78, 5) is 26.9. The number of nitrogens with two attached hydrogens (primary N) is 1. The molecule has 1 amide bonds. The van der Waals surface area contributed by atoms with Crippen molar-refractivity contribution in [2.45, 2.75) is 25.4 Å². The lowest BCUT2D eigenvalue weighted by Gasteiger charge is -2.13. The molecular weight excluding hydrogens is 366 g/mol. The number of aliphatic hydroxyl groups is 1. The fraction of sp³-hybridized carbons (Fsp3) is 0.273. The van der Waals surface area contributed by atoms with Crippen LogP contribution in [-0.4, -0.2) is 50.1 Å². The fourth-order valence-electron chi connectivity index (χ4n) is 3.39. The van der Waals surface area contributed by atoms with E-state index >= 15 is 0 Å². The molecule has 1 aliphatic heterocycles. The van der Waals surface area contributed by atoms with Gasteiger partial charge in [-0.15, -0.1) is 0 Å². The van der Waals surface area contributed by atoms with Crippen LogP contribution in [0.1, 0.15) is 24.5 Å². The molecule has 3 N–H and O–H groups in total. The van der Waals surface area contributed by atoms with Crippen LogP contribution in [0.2, 0.25) is 0 Å². The summed E-state index contributed by atoms with van der Waals surface area (Å²) in [6.45, 7) is 2.54. The third-order valence-corrected chi connectivity index (χ3v) is 5.16. The van der Waals surface area contributed by atoms with E-state index in [1.54, 1.807) is 19.4 Å². The Kier molecular flexibility index (Phi) is 4.65. The minimum absolute atomic E-state index is 0.300. The first-order chi connectivity index (χ1) is 13.9. The Balaban J connectivity index is 1.71. The van der Waals surface area contributed by atoms with Gasteiger partial charge in [-0.05, 0) is 24.1 Å². The number of hydrogen-bond acceptors (Lipinski definition) is 6. The second-order valence-electron chi connectivity index (χ2n) is 7.15. The molecule has 1 fully saturated rings. The lowest BCUT2D eigenvalue weighted by molar-refractivity contribution is -0.137. The van der Waals surface area contributed by atoms with E-state index in [0.29, 0.717) is 35.7 Å². The topological polar surface area (TPSA) is 105 Å². The number of nitrogen functional groups attached to an aromatic ring is 1. The lowest BCUT2D eigenvalue weighted by Crippen LogP contribution is -2.37.